The summed E-state index contributed by atoms with van der Waals surface area (Å²) in [6, 6.07) is -0.346. The van der Waals surface area contributed by atoms with Gasteiger partial charge >= 0.3 is 6.03 Å². The number of rotatable bonds is 4. The van der Waals surface area contributed by atoms with E-state index in [-0.39, 0.29) is 11.8 Å². The van der Waals surface area contributed by atoms with Crippen LogP contribution in [0.4, 0.5) is 4.79 Å². The minimum atomic E-state index is -3.08. The first kappa shape index (κ1) is 13.2. The number of amides is 2. The molecule has 0 unspecified atom stereocenters. The average molecular weight is 222 g/mol. The molecule has 14 heavy (non-hydrogen) atoms. The van der Waals surface area contributed by atoms with Crippen molar-refractivity contribution in [3.05, 3.63) is 0 Å². The highest BCUT2D eigenvalue weighted by Crippen LogP contribution is 2.05. The Bertz CT molecular complexity index is 296. The van der Waals surface area contributed by atoms with Crippen molar-refractivity contribution < 1.29 is 13.2 Å². The smallest absolute Gasteiger partial charge is 0.315 e. The second-order valence-electron chi connectivity index (χ2n) is 3.94. The number of nitrogens with one attached hydrogen (secondary N) is 2. The van der Waals surface area contributed by atoms with E-state index in [1.54, 1.807) is 20.8 Å². The second-order valence-corrected chi connectivity index (χ2v) is 6.08. The normalized spacial score (nSPS) is 12.3. The van der Waals surface area contributed by atoms with Crippen molar-refractivity contribution in [2.75, 3.05) is 18.6 Å². The Balaban J connectivity index is 4.27. The highest BCUT2D eigenvalue weighted by atomic mass is 32.2. The van der Waals surface area contributed by atoms with Gasteiger partial charge in [0.2, 0.25) is 0 Å². The van der Waals surface area contributed by atoms with Gasteiger partial charge in [0, 0.05) is 12.8 Å². The Kier molecular flexibility index (Phi) is 4.38. The molecule has 0 spiro atoms. The summed E-state index contributed by atoms with van der Waals surface area (Å²) < 4.78 is 22.0. The summed E-state index contributed by atoms with van der Waals surface area (Å²) in [6.45, 7) is 5.65. The molecule has 0 aromatic rings. The predicted octanol–water partition coefficient (Wildman–Crippen LogP) is 0.129. The molecule has 0 aliphatic carbocycles. The highest BCUT2D eigenvalue weighted by Gasteiger charge is 2.24. The first-order valence-corrected chi connectivity index (χ1v) is 6.46. The van der Waals surface area contributed by atoms with Gasteiger partial charge in [0.05, 0.1) is 11.3 Å². The molecule has 0 heterocycles. The molecule has 0 bridgehead atoms. The molecule has 0 saturated carbocycles. The van der Waals surface area contributed by atoms with Gasteiger partial charge in [-0.05, 0) is 20.8 Å². The summed E-state index contributed by atoms with van der Waals surface area (Å²) in [5.74, 6) is -0.0723. The van der Waals surface area contributed by atoms with Gasteiger partial charge in [0.25, 0.3) is 0 Å². The van der Waals surface area contributed by atoms with E-state index in [1.165, 1.54) is 0 Å². The molecule has 6 heteroatoms. The minimum absolute atomic E-state index is 0.0723. The van der Waals surface area contributed by atoms with Crippen LogP contribution in [0.3, 0.4) is 0 Å². The average Bonchev–Trinajstić information content (AvgIpc) is 1.78. The molecule has 0 rings (SSSR count). The van der Waals surface area contributed by atoms with Crippen molar-refractivity contribution >= 4 is 15.9 Å². The lowest BCUT2D eigenvalue weighted by atomic mass is 10.1. The number of hydrogen-bond donors (Lipinski definition) is 2. The van der Waals surface area contributed by atoms with Crippen LogP contribution in [0.2, 0.25) is 0 Å². The number of urea groups is 1. The first-order valence-electron chi connectivity index (χ1n) is 4.40. The molecule has 2 N–H and O–H groups in total. The Morgan fingerprint density at radius 3 is 2.21 bits per heavy atom. The minimum Gasteiger partial charge on any atom is -0.338 e. The third-order valence-electron chi connectivity index (χ3n) is 1.41. The van der Waals surface area contributed by atoms with Crippen molar-refractivity contribution in [1.82, 2.24) is 10.6 Å². The molecule has 0 aliphatic heterocycles. The van der Waals surface area contributed by atoms with Crippen molar-refractivity contribution in [2.24, 2.45) is 0 Å². The van der Waals surface area contributed by atoms with E-state index in [0.29, 0.717) is 6.54 Å². The monoisotopic (exact) mass is 222 g/mol. The molecule has 0 radical (unpaired) electrons. The van der Waals surface area contributed by atoms with Crippen molar-refractivity contribution in [3.8, 4) is 0 Å². The van der Waals surface area contributed by atoms with Gasteiger partial charge in [-0.1, -0.05) is 0 Å². The van der Waals surface area contributed by atoms with Gasteiger partial charge in [-0.25, -0.2) is 13.2 Å². The van der Waals surface area contributed by atoms with Crippen LogP contribution in [0.1, 0.15) is 20.8 Å². The summed E-state index contributed by atoms with van der Waals surface area (Å²) in [4.78, 5) is 11.1. The Morgan fingerprint density at radius 2 is 1.86 bits per heavy atom. The van der Waals surface area contributed by atoms with Gasteiger partial charge < -0.3 is 10.6 Å². The zero-order chi connectivity index (χ0) is 11.4. The number of hydrogen-bond acceptors (Lipinski definition) is 3. The maximum Gasteiger partial charge on any atom is 0.315 e. The Labute approximate surface area is 85.2 Å². The standard InChI is InChI=1S/C8H18N2O3S/c1-5-9-7(11)10-8(2,3)6-14(4,12)13/h5-6H2,1-4H3,(H2,9,10,11). The van der Waals surface area contributed by atoms with Crippen LogP contribution >= 0.6 is 0 Å². The van der Waals surface area contributed by atoms with Crippen LogP contribution in [-0.2, 0) is 9.84 Å². The quantitative estimate of drug-likeness (QED) is 0.710. The Morgan fingerprint density at radius 1 is 1.36 bits per heavy atom. The number of carbonyl (C=O) groups excluding carboxylic acids is 1. The summed E-state index contributed by atoms with van der Waals surface area (Å²) in [7, 11) is -3.08. The number of carbonyl (C=O) groups is 1. The molecule has 0 saturated heterocycles. The van der Waals surface area contributed by atoms with Crippen LogP contribution in [0, 0.1) is 0 Å². The third-order valence-corrected chi connectivity index (χ3v) is 2.66. The molecule has 84 valence electrons. The van der Waals surface area contributed by atoms with Gasteiger partial charge in [-0.2, -0.15) is 0 Å². The molecule has 0 aromatic heterocycles. The molecule has 0 fully saturated rings. The van der Waals surface area contributed by atoms with Crippen LogP contribution < -0.4 is 10.6 Å². The molecule has 2 amide bonds. The maximum absolute atomic E-state index is 11.1. The van der Waals surface area contributed by atoms with Crippen LogP contribution in [0.25, 0.3) is 0 Å². The second kappa shape index (κ2) is 4.63. The summed E-state index contributed by atoms with van der Waals surface area (Å²) in [5, 5.41) is 5.13. The van der Waals surface area contributed by atoms with Crippen molar-refractivity contribution in [2.45, 2.75) is 26.3 Å². The van der Waals surface area contributed by atoms with E-state index in [1.807, 2.05) is 0 Å². The zero-order valence-electron chi connectivity index (χ0n) is 9.05. The highest BCUT2D eigenvalue weighted by molar-refractivity contribution is 7.90. The molecule has 0 aliphatic rings. The van der Waals surface area contributed by atoms with Gasteiger partial charge in [-0.3, -0.25) is 0 Å². The van der Waals surface area contributed by atoms with Gasteiger partial charge in [0.1, 0.15) is 9.84 Å². The molecule has 5 nitrogen and oxygen atoms in total. The van der Waals surface area contributed by atoms with Crippen LogP contribution in [0.15, 0.2) is 0 Å². The maximum atomic E-state index is 11.1. The van der Waals surface area contributed by atoms with Crippen molar-refractivity contribution in [3.63, 3.8) is 0 Å². The molecule has 0 atom stereocenters. The lowest BCUT2D eigenvalue weighted by Crippen LogP contribution is -2.51. The SMILES string of the molecule is CCNC(=O)NC(C)(C)CS(C)(=O)=O. The van der Waals surface area contributed by atoms with Crippen molar-refractivity contribution in [1.29, 1.82) is 0 Å². The summed E-state index contributed by atoms with van der Waals surface area (Å²) in [5.41, 5.74) is -0.743. The number of sulfone groups is 1. The van der Waals surface area contributed by atoms with E-state index >= 15 is 0 Å². The third kappa shape index (κ3) is 6.71. The van der Waals surface area contributed by atoms with Gasteiger partial charge in [0.15, 0.2) is 0 Å². The topological polar surface area (TPSA) is 75.3 Å². The lowest BCUT2D eigenvalue weighted by Gasteiger charge is -2.25. The summed E-state index contributed by atoms with van der Waals surface area (Å²) >= 11 is 0. The fourth-order valence-electron chi connectivity index (χ4n) is 1.20. The van der Waals surface area contributed by atoms with E-state index < -0.39 is 15.4 Å². The van der Waals surface area contributed by atoms with Crippen LogP contribution in [0.5, 0.6) is 0 Å². The van der Waals surface area contributed by atoms with E-state index in [0.717, 1.165) is 6.26 Å². The predicted molar refractivity (Wildman–Crippen MR) is 56.0 cm³/mol. The molecular weight excluding hydrogens is 204 g/mol. The van der Waals surface area contributed by atoms with Gasteiger partial charge in [-0.15, -0.1) is 0 Å². The summed E-state index contributed by atoms with van der Waals surface area (Å²) in [6.07, 6.45) is 1.15. The van der Waals surface area contributed by atoms with E-state index in [2.05, 4.69) is 10.6 Å². The fraction of sp³-hybridized carbons (Fsp3) is 0.875. The van der Waals surface area contributed by atoms with E-state index in [9.17, 15) is 13.2 Å². The lowest BCUT2D eigenvalue weighted by molar-refractivity contribution is 0.233. The molecular formula is C8H18N2O3S. The van der Waals surface area contributed by atoms with E-state index in [4.69, 9.17) is 0 Å². The first-order chi connectivity index (χ1) is 6.16. The zero-order valence-corrected chi connectivity index (χ0v) is 9.86. The largest absolute Gasteiger partial charge is 0.338 e. The molecule has 0 aromatic carbocycles. The van der Waals surface area contributed by atoms with Crippen LogP contribution in [-0.4, -0.2) is 38.5 Å². The fourth-order valence-corrected chi connectivity index (χ4v) is 2.59. The Hall–Kier alpha value is -0.780.